The number of nitrogens with zero attached hydrogens (tertiary/aromatic N) is 5. The normalized spacial score (nSPS) is 15.7. The van der Waals surface area contributed by atoms with Crippen LogP contribution in [-0.2, 0) is 35.4 Å². The average Bonchev–Trinajstić information content (AvgIpc) is 3.32. The summed E-state index contributed by atoms with van der Waals surface area (Å²) >= 11 is 0. The molecule has 41 heavy (non-hydrogen) atoms. The Hall–Kier alpha value is -4.67. The number of ether oxygens (including phenoxy) is 1. The number of sulfonamides is 1. The van der Waals surface area contributed by atoms with Crippen LogP contribution >= 0.6 is 0 Å². The van der Waals surface area contributed by atoms with Crippen molar-refractivity contribution in [1.82, 2.24) is 19.5 Å². The third-order valence-corrected chi connectivity index (χ3v) is 7.29. The van der Waals surface area contributed by atoms with Crippen molar-refractivity contribution in [2.45, 2.75) is 37.4 Å². The molecular weight excluding hydrogens is 573 g/mol. The Balaban J connectivity index is 1.50. The zero-order valence-electron chi connectivity index (χ0n) is 21.5. The van der Waals surface area contributed by atoms with E-state index in [-0.39, 0.29) is 34.2 Å². The maximum absolute atomic E-state index is 13.4. The number of aryl methyl sites for hydroxylation is 1. The molecular formula is C24H23F3N6O7S. The molecule has 218 valence electrons. The number of rotatable bonds is 9. The molecule has 13 nitrogen and oxygen atoms in total. The van der Waals surface area contributed by atoms with E-state index in [1.54, 1.807) is 24.3 Å². The third kappa shape index (κ3) is 6.74. The smallest absolute Gasteiger partial charge is 0.435 e. The SMILES string of the molecule is CC(=O)OCO/N=[N+](\[O-])N1CC[C@H]1C(=O)NS(=O)(=O)c1ccc(-n2nc(C(F)(F)F)cc2-c2ccc(C)cc2)cc1. The summed E-state index contributed by atoms with van der Waals surface area (Å²) in [6.07, 6.45) is -4.57. The molecule has 0 bridgehead atoms. The van der Waals surface area contributed by atoms with Crippen LogP contribution in [0.5, 0.6) is 0 Å². The summed E-state index contributed by atoms with van der Waals surface area (Å²) in [6, 6.07) is 11.2. The molecule has 1 saturated heterocycles. The number of esters is 1. The van der Waals surface area contributed by atoms with E-state index in [9.17, 15) is 36.4 Å². The Kier molecular flexibility index (Phi) is 8.18. The Morgan fingerprint density at radius 1 is 1.17 bits per heavy atom. The van der Waals surface area contributed by atoms with Crippen molar-refractivity contribution < 1.29 is 45.7 Å². The number of halogens is 3. The van der Waals surface area contributed by atoms with Gasteiger partial charge in [-0.15, -0.1) is 5.01 Å². The zero-order chi connectivity index (χ0) is 29.9. The van der Waals surface area contributed by atoms with E-state index >= 15 is 0 Å². The van der Waals surface area contributed by atoms with Gasteiger partial charge in [-0.25, -0.2) is 17.8 Å². The Morgan fingerprint density at radius 2 is 1.83 bits per heavy atom. The van der Waals surface area contributed by atoms with Crippen molar-refractivity contribution in [1.29, 1.82) is 0 Å². The number of aromatic nitrogens is 2. The molecule has 3 aromatic rings. The van der Waals surface area contributed by atoms with Gasteiger partial charge in [0.05, 0.1) is 27.8 Å². The van der Waals surface area contributed by atoms with E-state index in [2.05, 4.69) is 20.0 Å². The highest BCUT2D eigenvalue weighted by Gasteiger charge is 2.42. The lowest BCUT2D eigenvalue weighted by molar-refractivity contribution is -0.729. The first-order chi connectivity index (χ1) is 19.3. The molecule has 0 saturated carbocycles. The number of alkyl halides is 3. The quantitative estimate of drug-likeness (QED) is 0.0979. The predicted octanol–water partition coefficient (Wildman–Crippen LogP) is 3.08. The molecule has 1 aromatic heterocycles. The first-order valence-corrected chi connectivity index (χ1v) is 13.4. The summed E-state index contributed by atoms with van der Waals surface area (Å²) in [6.45, 7) is 2.39. The number of hydrogen-bond donors (Lipinski definition) is 1. The number of carbonyl (C=O) groups excluding carboxylic acids is 2. The molecule has 2 heterocycles. The van der Waals surface area contributed by atoms with Crippen LogP contribution in [-0.4, -0.2) is 59.4 Å². The van der Waals surface area contributed by atoms with Crippen LogP contribution in [0.2, 0.25) is 0 Å². The van der Waals surface area contributed by atoms with Gasteiger partial charge in [-0.3, -0.25) is 9.59 Å². The lowest BCUT2D eigenvalue weighted by Gasteiger charge is -2.33. The third-order valence-electron chi connectivity index (χ3n) is 5.93. The summed E-state index contributed by atoms with van der Waals surface area (Å²) < 4.78 is 73.4. The monoisotopic (exact) mass is 596 g/mol. The number of hydrazine groups is 1. The minimum absolute atomic E-state index is 0.0659. The highest BCUT2D eigenvalue weighted by atomic mass is 32.2. The zero-order valence-corrected chi connectivity index (χ0v) is 22.3. The van der Waals surface area contributed by atoms with Gasteiger partial charge >= 0.3 is 12.1 Å². The van der Waals surface area contributed by atoms with Crippen LogP contribution in [0.25, 0.3) is 16.9 Å². The largest absolute Gasteiger partial charge is 0.569 e. The van der Waals surface area contributed by atoms with Gasteiger partial charge in [-0.1, -0.05) is 29.8 Å². The molecule has 2 aromatic carbocycles. The summed E-state index contributed by atoms with van der Waals surface area (Å²) in [7, 11) is -4.42. The second-order valence-electron chi connectivity index (χ2n) is 8.84. The summed E-state index contributed by atoms with van der Waals surface area (Å²) in [5.74, 6) is -1.68. The van der Waals surface area contributed by atoms with Crippen molar-refractivity contribution in [3.8, 4) is 16.9 Å². The minimum Gasteiger partial charge on any atom is -0.569 e. The molecule has 0 aliphatic carbocycles. The van der Waals surface area contributed by atoms with Gasteiger partial charge in [0.15, 0.2) is 11.7 Å². The van der Waals surface area contributed by atoms with Crippen molar-refractivity contribution in [2.75, 3.05) is 13.3 Å². The molecule has 0 spiro atoms. The predicted molar refractivity (Wildman–Crippen MR) is 133 cm³/mol. The van der Waals surface area contributed by atoms with Gasteiger partial charge in [0.25, 0.3) is 22.7 Å². The lowest BCUT2D eigenvalue weighted by Crippen LogP contribution is -2.59. The summed E-state index contributed by atoms with van der Waals surface area (Å²) in [5, 5.41) is 19.7. The average molecular weight is 597 g/mol. The van der Waals surface area contributed by atoms with Crippen molar-refractivity contribution in [3.05, 3.63) is 71.1 Å². The van der Waals surface area contributed by atoms with E-state index < -0.39 is 46.6 Å². The van der Waals surface area contributed by atoms with E-state index in [0.717, 1.165) is 40.4 Å². The Labute approximate surface area is 231 Å². The summed E-state index contributed by atoms with van der Waals surface area (Å²) in [5.41, 5.74) is 0.517. The molecule has 0 radical (unpaired) electrons. The van der Waals surface area contributed by atoms with Crippen LogP contribution in [0.15, 0.2) is 64.8 Å². The van der Waals surface area contributed by atoms with Crippen LogP contribution < -0.4 is 4.72 Å². The lowest BCUT2D eigenvalue weighted by atomic mass is 10.1. The molecule has 1 aliphatic rings. The molecule has 1 fully saturated rings. The number of nitrogens with one attached hydrogen (secondary N) is 1. The second kappa shape index (κ2) is 11.4. The van der Waals surface area contributed by atoms with Crippen molar-refractivity contribution in [3.63, 3.8) is 0 Å². The Morgan fingerprint density at radius 3 is 2.39 bits per heavy atom. The van der Waals surface area contributed by atoms with Gasteiger partial charge < -0.3 is 14.8 Å². The van der Waals surface area contributed by atoms with Gasteiger partial charge in [0.2, 0.25) is 5.28 Å². The van der Waals surface area contributed by atoms with E-state index in [0.29, 0.717) is 5.56 Å². The van der Waals surface area contributed by atoms with Gasteiger partial charge in [-0.05, 0) is 37.3 Å². The number of amides is 1. The number of carbonyl (C=O) groups is 2. The first kappa shape index (κ1) is 29.3. The van der Waals surface area contributed by atoms with Gasteiger partial charge in [-0.2, -0.15) is 18.3 Å². The van der Waals surface area contributed by atoms with Crippen LogP contribution in [0.3, 0.4) is 0 Å². The maximum atomic E-state index is 13.4. The topological polar surface area (TPSA) is 158 Å². The van der Waals surface area contributed by atoms with Crippen LogP contribution in [0.1, 0.15) is 24.6 Å². The Bertz CT molecular complexity index is 1570. The van der Waals surface area contributed by atoms with E-state index in [4.69, 9.17) is 0 Å². The second-order valence-corrected chi connectivity index (χ2v) is 10.5. The fourth-order valence-electron chi connectivity index (χ4n) is 3.75. The fourth-order valence-corrected chi connectivity index (χ4v) is 4.76. The van der Waals surface area contributed by atoms with Gasteiger partial charge in [0.1, 0.15) is 0 Å². The first-order valence-electron chi connectivity index (χ1n) is 11.9. The van der Waals surface area contributed by atoms with Crippen LogP contribution in [0.4, 0.5) is 13.2 Å². The molecule has 1 amide bonds. The molecule has 1 atom stereocenters. The number of hydrogen-bond acceptors (Lipinski definition) is 9. The van der Waals surface area contributed by atoms with Crippen LogP contribution in [0, 0.1) is 12.1 Å². The van der Waals surface area contributed by atoms with E-state index in [1.807, 2.05) is 11.6 Å². The highest BCUT2D eigenvalue weighted by Crippen LogP contribution is 2.33. The maximum Gasteiger partial charge on any atom is 0.435 e. The number of benzene rings is 2. The molecule has 1 aliphatic heterocycles. The molecule has 0 unspecified atom stereocenters. The fraction of sp³-hybridized carbons (Fsp3) is 0.292. The van der Waals surface area contributed by atoms with E-state index in [1.165, 1.54) is 12.1 Å². The molecule has 1 N–H and O–H groups in total. The molecule has 17 heteroatoms. The summed E-state index contributed by atoms with van der Waals surface area (Å²) in [4.78, 5) is 27.4. The molecule has 4 rings (SSSR count). The minimum atomic E-state index is -4.71. The van der Waals surface area contributed by atoms with Crippen molar-refractivity contribution >= 4 is 21.9 Å². The van der Waals surface area contributed by atoms with Gasteiger partial charge in [0, 0.05) is 18.9 Å². The standard InChI is InChI=1S/C24H23F3N6O7S/c1-15-3-5-17(6-4-15)21-13-22(24(25,26)27)28-32(21)18-7-9-19(10-8-18)41(37,38)29-23(35)20-11-12-31(20)33(36)30-40-14-39-16(2)34/h3-10,13,20H,11-12,14H2,1-2H3,(H,29,35)/b33-30-/t20-/m0/s1. The highest BCUT2D eigenvalue weighted by molar-refractivity contribution is 7.90. The van der Waals surface area contributed by atoms with Crippen molar-refractivity contribution in [2.24, 2.45) is 5.28 Å².